The average Bonchev–Trinajstić information content (AvgIpc) is 2.45. The van der Waals surface area contributed by atoms with Crippen LogP contribution < -0.4 is 5.73 Å². The van der Waals surface area contributed by atoms with Crippen molar-refractivity contribution in [2.24, 2.45) is 5.73 Å². The molecular weight excluding hydrogens is 319 g/mol. The van der Waals surface area contributed by atoms with E-state index in [1.807, 2.05) is 0 Å². The van der Waals surface area contributed by atoms with E-state index < -0.39 is 28.3 Å². The topological polar surface area (TPSA) is 63.3 Å². The highest BCUT2D eigenvalue weighted by Gasteiger charge is 2.40. The van der Waals surface area contributed by atoms with Crippen molar-refractivity contribution in [1.29, 1.82) is 0 Å². The summed E-state index contributed by atoms with van der Waals surface area (Å²) in [7, 11) is 0. The van der Waals surface area contributed by atoms with Crippen LogP contribution in [0, 0.1) is 0 Å². The van der Waals surface area contributed by atoms with Gasteiger partial charge < -0.3 is 10.8 Å². The van der Waals surface area contributed by atoms with Gasteiger partial charge in [-0.15, -0.1) is 0 Å². The Bertz CT molecular complexity index is 704. The number of hydrogen-bond donors (Lipinski definition) is 2. The summed E-state index contributed by atoms with van der Waals surface area (Å²) in [5, 5.41) is 10.0. The molecule has 2 rings (SSSR count). The first kappa shape index (κ1) is 16.3. The minimum atomic E-state index is -4.63. The summed E-state index contributed by atoms with van der Waals surface area (Å²) in [6, 6.07) is 10.2. The lowest BCUT2D eigenvalue weighted by atomic mass is 9.85. The first-order chi connectivity index (χ1) is 10.2. The summed E-state index contributed by atoms with van der Waals surface area (Å²) in [4.78, 5) is 11.7. The molecule has 116 valence electrons. The number of hydrogen-bond acceptors (Lipinski definition) is 2. The summed E-state index contributed by atoms with van der Waals surface area (Å²) in [6.45, 7) is 0. The second kappa shape index (κ2) is 5.62. The van der Waals surface area contributed by atoms with E-state index in [1.165, 1.54) is 12.1 Å². The zero-order valence-electron chi connectivity index (χ0n) is 11.1. The number of rotatable bonds is 3. The molecule has 2 aromatic rings. The summed E-state index contributed by atoms with van der Waals surface area (Å²) in [6.07, 6.45) is -4.63. The fourth-order valence-electron chi connectivity index (χ4n) is 2.10. The van der Waals surface area contributed by atoms with Gasteiger partial charge in [0.15, 0.2) is 5.60 Å². The van der Waals surface area contributed by atoms with Gasteiger partial charge in [0.25, 0.3) is 5.91 Å². The SMILES string of the molecule is NC(=O)C(O)(c1ccccc1)c1ccc(C(F)(F)F)c(Cl)c1. The van der Waals surface area contributed by atoms with Crippen LogP contribution in [-0.2, 0) is 16.6 Å². The van der Waals surface area contributed by atoms with Crippen molar-refractivity contribution in [2.45, 2.75) is 11.8 Å². The molecule has 3 nitrogen and oxygen atoms in total. The number of amides is 1. The molecule has 22 heavy (non-hydrogen) atoms. The number of benzene rings is 2. The van der Waals surface area contributed by atoms with Gasteiger partial charge in [-0.05, 0) is 23.3 Å². The Hall–Kier alpha value is -2.05. The van der Waals surface area contributed by atoms with Crippen LogP contribution in [0.5, 0.6) is 0 Å². The van der Waals surface area contributed by atoms with Crippen LogP contribution in [-0.4, -0.2) is 11.0 Å². The first-order valence-corrected chi connectivity index (χ1v) is 6.50. The molecule has 1 amide bonds. The van der Waals surface area contributed by atoms with Gasteiger partial charge in [0.05, 0.1) is 10.6 Å². The number of carbonyl (C=O) groups excluding carboxylic acids is 1. The minimum absolute atomic E-state index is 0.135. The van der Waals surface area contributed by atoms with E-state index in [-0.39, 0.29) is 11.1 Å². The molecule has 0 aliphatic heterocycles. The van der Waals surface area contributed by atoms with Crippen LogP contribution in [0.25, 0.3) is 0 Å². The number of aliphatic hydroxyl groups is 1. The lowest BCUT2D eigenvalue weighted by Gasteiger charge is -2.26. The van der Waals surface area contributed by atoms with Crippen molar-refractivity contribution in [1.82, 2.24) is 0 Å². The lowest BCUT2D eigenvalue weighted by Crippen LogP contribution is -2.42. The molecular formula is C15H11ClF3NO2. The molecule has 3 N–H and O–H groups in total. The maximum Gasteiger partial charge on any atom is 0.417 e. The van der Waals surface area contributed by atoms with E-state index in [4.69, 9.17) is 17.3 Å². The zero-order valence-corrected chi connectivity index (χ0v) is 11.8. The van der Waals surface area contributed by atoms with Crippen LogP contribution in [0.2, 0.25) is 5.02 Å². The molecule has 0 saturated carbocycles. The standard InChI is InChI=1S/C15H11ClF3NO2/c16-12-8-10(6-7-11(12)15(17,18)19)14(22,13(20)21)9-4-2-1-3-5-9/h1-8,22H,(H2,20,21). The lowest BCUT2D eigenvalue weighted by molar-refractivity contribution is -0.137. The molecule has 1 atom stereocenters. The maximum absolute atomic E-state index is 12.7. The maximum atomic E-state index is 12.7. The Kier molecular flexibility index (Phi) is 4.17. The summed E-state index contributed by atoms with van der Waals surface area (Å²) < 4.78 is 38.2. The van der Waals surface area contributed by atoms with Gasteiger partial charge in [-0.1, -0.05) is 48.0 Å². The molecule has 2 aromatic carbocycles. The van der Waals surface area contributed by atoms with Crippen LogP contribution >= 0.6 is 11.6 Å². The van der Waals surface area contributed by atoms with Gasteiger partial charge >= 0.3 is 6.18 Å². The third kappa shape index (κ3) is 2.80. The van der Waals surface area contributed by atoms with Crippen LogP contribution in [0.4, 0.5) is 13.2 Å². The van der Waals surface area contributed by atoms with Crippen molar-refractivity contribution in [3.8, 4) is 0 Å². The minimum Gasteiger partial charge on any atom is -0.372 e. The Balaban J connectivity index is 2.61. The fourth-order valence-corrected chi connectivity index (χ4v) is 2.39. The van der Waals surface area contributed by atoms with E-state index >= 15 is 0 Å². The third-order valence-corrected chi connectivity index (χ3v) is 3.55. The molecule has 0 aliphatic rings. The monoisotopic (exact) mass is 329 g/mol. The normalized spacial score (nSPS) is 14.4. The van der Waals surface area contributed by atoms with Crippen molar-refractivity contribution in [3.63, 3.8) is 0 Å². The van der Waals surface area contributed by atoms with E-state index in [1.54, 1.807) is 18.2 Å². The van der Waals surface area contributed by atoms with Crippen molar-refractivity contribution in [3.05, 3.63) is 70.2 Å². The fraction of sp³-hybridized carbons (Fsp3) is 0.133. The molecule has 0 fully saturated rings. The quantitative estimate of drug-likeness (QED) is 0.909. The van der Waals surface area contributed by atoms with Crippen LogP contribution in [0.1, 0.15) is 16.7 Å². The highest BCUT2D eigenvalue weighted by molar-refractivity contribution is 6.31. The highest BCUT2D eigenvalue weighted by Crippen LogP contribution is 2.38. The van der Waals surface area contributed by atoms with Gasteiger partial charge in [-0.2, -0.15) is 13.2 Å². The Labute approximate surface area is 129 Å². The predicted molar refractivity (Wildman–Crippen MR) is 75.1 cm³/mol. The van der Waals surface area contributed by atoms with Crippen LogP contribution in [0.3, 0.4) is 0 Å². The van der Waals surface area contributed by atoms with Crippen molar-refractivity contribution >= 4 is 17.5 Å². The zero-order chi connectivity index (χ0) is 16.5. The second-order valence-corrected chi connectivity index (χ2v) is 5.04. The molecule has 1 unspecified atom stereocenters. The van der Waals surface area contributed by atoms with Gasteiger partial charge in [-0.3, -0.25) is 4.79 Å². The molecule has 0 radical (unpaired) electrons. The molecule has 0 saturated heterocycles. The summed E-state index contributed by atoms with van der Waals surface area (Å²) >= 11 is 5.63. The third-order valence-electron chi connectivity index (χ3n) is 3.24. The largest absolute Gasteiger partial charge is 0.417 e. The average molecular weight is 330 g/mol. The predicted octanol–water partition coefficient (Wildman–Crippen LogP) is 3.08. The molecule has 0 aliphatic carbocycles. The van der Waals surface area contributed by atoms with Crippen LogP contribution in [0.15, 0.2) is 48.5 Å². The Morgan fingerprint density at radius 3 is 2.09 bits per heavy atom. The smallest absolute Gasteiger partial charge is 0.372 e. The Morgan fingerprint density at radius 2 is 1.64 bits per heavy atom. The molecule has 0 spiro atoms. The number of halogens is 4. The van der Waals surface area contributed by atoms with E-state index in [0.717, 1.165) is 12.1 Å². The highest BCUT2D eigenvalue weighted by atomic mass is 35.5. The summed E-state index contributed by atoms with van der Waals surface area (Å²) in [5.74, 6) is -1.12. The van der Waals surface area contributed by atoms with Gasteiger partial charge in [0.2, 0.25) is 0 Å². The van der Waals surface area contributed by atoms with Crippen molar-refractivity contribution in [2.75, 3.05) is 0 Å². The molecule has 7 heteroatoms. The first-order valence-electron chi connectivity index (χ1n) is 6.12. The van der Waals surface area contributed by atoms with Gasteiger partial charge in [0.1, 0.15) is 0 Å². The number of nitrogens with two attached hydrogens (primary N) is 1. The van der Waals surface area contributed by atoms with Gasteiger partial charge in [-0.25, -0.2) is 0 Å². The van der Waals surface area contributed by atoms with E-state index in [9.17, 15) is 23.1 Å². The van der Waals surface area contributed by atoms with E-state index in [2.05, 4.69) is 0 Å². The molecule has 0 aromatic heterocycles. The molecule has 0 bridgehead atoms. The number of alkyl halides is 3. The summed E-state index contributed by atoms with van der Waals surface area (Å²) in [5.41, 5.74) is 1.93. The van der Waals surface area contributed by atoms with Crippen molar-refractivity contribution < 1.29 is 23.1 Å². The Morgan fingerprint density at radius 1 is 1.05 bits per heavy atom. The second-order valence-electron chi connectivity index (χ2n) is 4.63. The molecule has 0 heterocycles. The number of primary amides is 1. The van der Waals surface area contributed by atoms with E-state index in [0.29, 0.717) is 6.07 Å². The van der Waals surface area contributed by atoms with Gasteiger partial charge in [0, 0.05) is 0 Å². The number of carbonyl (C=O) groups is 1.